The van der Waals surface area contributed by atoms with Gasteiger partial charge in [-0.05, 0) is 44.5 Å². The lowest BCUT2D eigenvalue weighted by Gasteiger charge is -2.12. The van der Waals surface area contributed by atoms with Crippen molar-refractivity contribution in [2.75, 3.05) is 0 Å². The predicted molar refractivity (Wildman–Crippen MR) is 85.9 cm³/mol. The van der Waals surface area contributed by atoms with Crippen LogP contribution in [0.5, 0.6) is 0 Å². The molecule has 116 valence electrons. The van der Waals surface area contributed by atoms with Gasteiger partial charge in [0.15, 0.2) is 0 Å². The molecule has 1 aromatic heterocycles. The van der Waals surface area contributed by atoms with Gasteiger partial charge < -0.3 is 10.4 Å². The van der Waals surface area contributed by atoms with Crippen molar-refractivity contribution >= 4 is 34.8 Å². The fourth-order valence-corrected chi connectivity index (χ4v) is 3.21. The summed E-state index contributed by atoms with van der Waals surface area (Å²) >= 11 is 7.02. The van der Waals surface area contributed by atoms with Gasteiger partial charge in [0.05, 0.1) is 11.7 Å². The minimum absolute atomic E-state index is 0.190. The molecule has 0 spiro atoms. The number of aryl methyl sites for hydroxylation is 2. The molecule has 22 heavy (non-hydrogen) atoms. The Kier molecular flexibility index (Phi) is 4.83. The molecular weight excluding hydrogens is 324 g/mol. The smallest absolute Gasteiger partial charge is 0.347 e. The van der Waals surface area contributed by atoms with E-state index in [9.17, 15) is 9.59 Å². The number of rotatable bonds is 4. The van der Waals surface area contributed by atoms with E-state index in [1.165, 1.54) is 0 Å². The van der Waals surface area contributed by atoms with Crippen molar-refractivity contribution in [1.82, 2.24) is 10.3 Å². The summed E-state index contributed by atoms with van der Waals surface area (Å²) in [5.41, 5.74) is 1.80. The van der Waals surface area contributed by atoms with Crippen LogP contribution in [0, 0.1) is 13.8 Å². The lowest BCUT2D eigenvalue weighted by molar-refractivity contribution is 0.0701. The highest BCUT2D eigenvalue weighted by Crippen LogP contribution is 2.24. The molecule has 0 bridgehead atoms. The monoisotopic (exact) mass is 338 g/mol. The van der Waals surface area contributed by atoms with Crippen molar-refractivity contribution in [2.45, 2.75) is 26.8 Å². The maximum Gasteiger partial charge on any atom is 0.347 e. The number of nitrogens with one attached hydrogen (secondary N) is 1. The quantitative estimate of drug-likeness (QED) is 0.892. The van der Waals surface area contributed by atoms with Gasteiger partial charge in [-0.2, -0.15) is 0 Å². The van der Waals surface area contributed by atoms with E-state index in [1.807, 2.05) is 6.92 Å². The molecule has 0 saturated heterocycles. The first-order valence-electron chi connectivity index (χ1n) is 6.56. The van der Waals surface area contributed by atoms with Gasteiger partial charge in [-0.3, -0.25) is 4.79 Å². The molecule has 1 unspecified atom stereocenters. The van der Waals surface area contributed by atoms with Crippen LogP contribution in [0.1, 0.15) is 49.3 Å². The van der Waals surface area contributed by atoms with Gasteiger partial charge in [0.1, 0.15) is 9.88 Å². The Bertz CT molecular complexity index is 722. The first kappa shape index (κ1) is 16.5. The maximum atomic E-state index is 12.2. The molecular formula is C15H15ClN2O3S. The average molecular weight is 339 g/mol. The van der Waals surface area contributed by atoms with E-state index >= 15 is 0 Å². The summed E-state index contributed by atoms with van der Waals surface area (Å²) in [5, 5.41) is 12.9. The number of amides is 1. The Morgan fingerprint density at radius 3 is 2.55 bits per heavy atom. The molecule has 1 atom stereocenters. The van der Waals surface area contributed by atoms with E-state index in [4.69, 9.17) is 16.7 Å². The lowest BCUT2D eigenvalue weighted by atomic mass is 10.1. The van der Waals surface area contributed by atoms with E-state index in [0.29, 0.717) is 21.3 Å². The van der Waals surface area contributed by atoms with Crippen LogP contribution in [0.2, 0.25) is 5.02 Å². The van der Waals surface area contributed by atoms with Gasteiger partial charge >= 0.3 is 5.97 Å². The molecule has 1 aromatic carbocycles. The van der Waals surface area contributed by atoms with E-state index in [1.54, 1.807) is 32.0 Å². The highest BCUT2D eigenvalue weighted by Gasteiger charge is 2.19. The third-order valence-corrected chi connectivity index (χ3v) is 4.58. The van der Waals surface area contributed by atoms with E-state index < -0.39 is 5.97 Å². The van der Waals surface area contributed by atoms with Gasteiger partial charge in [0, 0.05) is 10.6 Å². The molecule has 1 heterocycles. The number of benzene rings is 1. The number of carboxylic acids is 1. The number of carboxylic acid groups (broad SMARTS) is 1. The number of aromatic carboxylic acids is 1. The Morgan fingerprint density at radius 2 is 2.00 bits per heavy atom. The second kappa shape index (κ2) is 6.46. The van der Waals surface area contributed by atoms with Crippen molar-refractivity contribution in [3.63, 3.8) is 0 Å². The van der Waals surface area contributed by atoms with E-state index in [0.717, 1.165) is 16.9 Å². The number of carbonyl (C=O) groups is 2. The van der Waals surface area contributed by atoms with Crippen LogP contribution < -0.4 is 5.32 Å². The van der Waals surface area contributed by atoms with Crippen LogP contribution in [0.25, 0.3) is 0 Å². The zero-order valence-corrected chi connectivity index (χ0v) is 13.9. The molecule has 1 amide bonds. The van der Waals surface area contributed by atoms with Crippen molar-refractivity contribution in [2.24, 2.45) is 0 Å². The summed E-state index contributed by atoms with van der Waals surface area (Å²) in [6, 6.07) is 4.71. The largest absolute Gasteiger partial charge is 0.477 e. The molecule has 0 aliphatic rings. The summed E-state index contributed by atoms with van der Waals surface area (Å²) in [5.74, 6) is -1.28. The molecule has 0 aliphatic carbocycles. The topological polar surface area (TPSA) is 79.3 Å². The van der Waals surface area contributed by atoms with Gasteiger partial charge in [-0.1, -0.05) is 11.6 Å². The van der Waals surface area contributed by atoms with Crippen LogP contribution in [-0.4, -0.2) is 22.0 Å². The summed E-state index contributed by atoms with van der Waals surface area (Å²) in [6.45, 7) is 5.26. The minimum Gasteiger partial charge on any atom is -0.477 e. The molecule has 2 N–H and O–H groups in total. The third kappa shape index (κ3) is 3.64. The first-order valence-corrected chi connectivity index (χ1v) is 7.76. The summed E-state index contributed by atoms with van der Waals surface area (Å²) in [6.07, 6.45) is 0. The molecule has 0 fully saturated rings. The zero-order chi connectivity index (χ0) is 16.4. The Morgan fingerprint density at radius 1 is 1.32 bits per heavy atom. The van der Waals surface area contributed by atoms with Gasteiger partial charge in [-0.25, -0.2) is 9.78 Å². The zero-order valence-electron chi connectivity index (χ0n) is 12.3. The number of halogens is 1. The molecule has 0 saturated carbocycles. The highest BCUT2D eigenvalue weighted by molar-refractivity contribution is 7.13. The minimum atomic E-state index is -1.01. The van der Waals surface area contributed by atoms with Crippen molar-refractivity contribution in [3.05, 3.63) is 49.9 Å². The van der Waals surface area contributed by atoms with Crippen molar-refractivity contribution in [1.29, 1.82) is 0 Å². The second-order valence-corrected chi connectivity index (χ2v) is 6.45. The standard InChI is InChI=1S/C15H15ClN2O3S/c1-7-4-10(6-11(16)5-7)13(19)17-9(3)14-18-8(2)12(22-14)15(20)21/h4-6,9H,1-3H3,(H,17,19)(H,20,21). The molecule has 0 radical (unpaired) electrons. The van der Waals surface area contributed by atoms with Crippen LogP contribution >= 0.6 is 22.9 Å². The second-order valence-electron chi connectivity index (χ2n) is 4.98. The third-order valence-electron chi connectivity index (χ3n) is 3.03. The molecule has 5 nitrogen and oxygen atoms in total. The number of aromatic nitrogens is 1. The SMILES string of the molecule is Cc1cc(Cl)cc(C(=O)NC(C)c2nc(C)c(C(=O)O)s2)c1. The Labute approximate surface area is 137 Å². The van der Waals surface area contributed by atoms with Gasteiger partial charge in [-0.15, -0.1) is 11.3 Å². The fraction of sp³-hybridized carbons (Fsp3) is 0.267. The van der Waals surface area contributed by atoms with Crippen LogP contribution in [-0.2, 0) is 0 Å². The lowest BCUT2D eigenvalue weighted by Crippen LogP contribution is -2.26. The van der Waals surface area contributed by atoms with Gasteiger partial charge in [0.2, 0.25) is 0 Å². The van der Waals surface area contributed by atoms with E-state index in [2.05, 4.69) is 10.3 Å². The predicted octanol–water partition coefficient (Wildman–Crippen LogP) is 3.60. The summed E-state index contributed by atoms with van der Waals surface area (Å²) < 4.78 is 0. The first-order chi connectivity index (χ1) is 10.3. The van der Waals surface area contributed by atoms with E-state index in [-0.39, 0.29) is 16.8 Å². The van der Waals surface area contributed by atoms with Crippen molar-refractivity contribution < 1.29 is 14.7 Å². The fourth-order valence-electron chi connectivity index (χ4n) is 2.01. The number of hydrogen-bond donors (Lipinski definition) is 2. The maximum absolute atomic E-state index is 12.2. The number of hydrogen-bond acceptors (Lipinski definition) is 4. The molecule has 2 rings (SSSR count). The van der Waals surface area contributed by atoms with Gasteiger partial charge in [0.25, 0.3) is 5.91 Å². The van der Waals surface area contributed by atoms with Crippen LogP contribution in [0.4, 0.5) is 0 Å². The van der Waals surface area contributed by atoms with Crippen molar-refractivity contribution in [3.8, 4) is 0 Å². The molecule has 0 aliphatic heterocycles. The summed E-state index contributed by atoms with van der Waals surface area (Å²) in [7, 11) is 0. The number of thiazole rings is 1. The number of nitrogens with zero attached hydrogens (tertiary/aromatic N) is 1. The van der Waals surface area contributed by atoms with Crippen LogP contribution in [0.15, 0.2) is 18.2 Å². The average Bonchev–Trinajstić information content (AvgIpc) is 2.80. The van der Waals surface area contributed by atoms with Crippen LogP contribution in [0.3, 0.4) is 0 Å². The Hall–Kier alpha value is -1.92. The molecule has 7 heteroatoms. The normalized spacial score (nSPS) is 12.0. The highest BCUT2D eigenvalue weighted by atomic mass is 35.5. The number of carbonyl (C=O) groups excluding carboxylic acids is 1. The Balaban J connectivity index is 2.17. The summed E-state index contributed by atoms with van der Waals surface area (Å²) in [4.78, 5) is 27.7. The molecule has 2 aromatic rings.